The van der Waals surface area contributed by atoms with Crippen molar-refractivity contribution in [3.8, 4) is 11.5 Å². The number of carbonyl (C=O) groups is 1. The number of anilines is 1. The Labute approximate surface area is 121 Å². The van der Waals surface area contributed by atoms with Crippen LogP contribution >= 0.6 is 0 Å². The number of hydrogen-bond acceptors (Lipinski definition) is 5. The van der Waals surface area contributed by atoms with Gasteiger partial charge in [-0.05, 0) is 36.4 Å². The lowest BCUT2D eigenvalue weighted by Gasteiger charge is -2.10. The van der Waals surface area contributed by atoms with Crippen LogP contribution in [0.3, 0.4) is 0 Å². The molecular formula is C14H13NO5S. The number of rotatable bonds is 4. The van der Waals surface area contributed by atoms with E-state index in [-0.39, 0.29) is 27.6 Å². The fourth-order valence-electron chi connectivity index (χ4n) is 1.65. The molecule has 0 aromatic heterocycles. The molecule has 2 rings (SSSR count). The maximum Gasteiger partial charge on any atom is 0.335 e. The molecule has 0 aliphatic rings. The summed E-state index contributed by atoms with van der Waals surface area (Å²) in [6.45, 7) is 0. The number of carboxylic acid groups (broad SMARTS) is 1. The third kappa shape index (κ3) is 3.51. The average molecular weight is 307 g/mol. The minimum Gasteiger partial charge on any atom is -0.478 e. The first-order chi connectivity index (χ1) is 9.77. The molecule has 3 N–H and O–H groups in total. The van der Waals surface area contributed by atoms with Gasteiger partial charge in [-0.1, -0.05) is 6.07 Å². The minimum absolute atomic E-state index is 0.0264. The number of carboxylic acids is 1. The molecule has 0 bridgehead atoms. The van der Waals surface area contributed by atoms with Gasteiger partial charge in [0.1, 0.15) is 5.75 Å². The number of nitrogens with two attached hydrogens (primary N) is 1. The molecule has 0 spiro atoms. The summed E-state index contributed by atoms with van der Waals surface area (Å²) in [5.74, 6) is -0.697. The first-order valence-corrected chi connectivity index (χ1v) is 7.77. The van der Waals surface area contributed by atoms with E-state index >= 15 is 0 Å². The van der Waals surface area contributed by atoms with Crippen molar-refractivity contribution < 1.29 is 23.1 Å². The average Bonchev–Trinajstić information content (AvgIpc) is 2.40. The lowest BCUT2D eigenvalue weighted by Crippen LogP contribution is -2.00. The zero-order chi connectivity index (χ0) is 15.6. The predicted octanol–water partition coefficient (Wildman–Crippen LogP) is 2.16. The Hall–Kier alpha value is -2.54. The zero-order valence-corrected chi connectivity index (χ0v) is 11.9. The lowest BCUT2D eigenvalue weighted by atomic mass is 10.2. The van der Waals surface area contributed by atoms with E-state index in [9.17, 15) is 13.2 Å². The van der Waals surface area contributed by atoms with Crippen LogP contribution in [-0.2, 0) is 9.84 Å². The maximum absolute atomic E-state index is 11.5. The molecule has 0 fully saturated rings. The monoisotopic (exact) mass is 307 g/mol. The van der Waals surface area contributed by atoms with E-state index in [1.54, 1.807) is 6.07 Å². The quantitative estimate of drug-likeness (QED) is 0.838. The highest BCUT2D eigenvalue weighted by Crippen LogP contribution is 2.29. The summed E-state index contributed by atoms with van der Waals surface area (Å²) < 4.78 is 28.5. The van der Waals surface area contributed by atoms with Crippen LogP contribution in [0.4, 0.5) is 5.69 Å². The van der Waals surface area contributed by atoms with E-state index in [1.807, 2.05) is 0 Å². The third-order valence-corrected chi connectivity index (χ3v) is 3.83. The Morgan fingerprint density at radius 2 is 1.90 bits per heavy atom. The fourth-order valence-corrected chi connectivity index (χ4v) is 2.31. The van der Waals surface area contributed by atoms with Crippen LogP contribution in [0.25, 0.3) is 0 Å². The number of aromatic carboxylic acids is 1. The summed E-state index contributed by atoms with van der Waals surface area (Å²) in [4.78, 5) is 11.0. The summed E-state index contributed by atoms with van der Waals surface area (Å²) in [5, 5.41) is 8.94. The first-order valence-electron chi connectivity index (χ1n) is 5.88. The van der Waals surface area contributed by atoms with Crippen LogP contribution in [0.2, 0.25) is 0 Å². The van der Waals surface area contributed by atoms with Crippen molar-refractivity contribution in [2.24, 2.45) is 0 Å². The molecule has 21 heavy (non-hydrogen) atoms. The minimum atomic E-state index is -3.35. The van der Waals surface area contributed by atoms with Crippen LogP contribution < -0.4 is 10.5 Å². The fraction of sp³-hybridized carbons (Fsp3) is 0.0714. The smallest absolute Gasteiger partial charge is 0.335 e. The van der Waals surface area contributed by atoms with Crippen molar-refractivity contribution in [2.75, 3.05) is 12.0 Å². The third-order valence-electron chi connectivity index (χ3n) is 2.72. The number of sulfone groups is 1. The molecule has 7 heteroatoms. The first kappa shape index (κ1) is 14.9. The Balaban J connectivity index is 2.39. The molecule has 0 atom stereocenters. The summed E-state index contributed by atoms with van der Waals surface area (Å²) in [7, 11) is -3.35. The molecule has 0 aliphatic heterocycles. The zero-order valence-electron chi connectivity index (χ0n) is 11.1. The van der Waals surface area contributed by atoms with Crippen LogP contribution in [0.5, 0.6) is 11.5 Å². The van der Waals surface area contributed by atoms with Gasteiger partial charge in [0, 0.05) is 6.26 Å². The molecule has 0 unspecified atom stereocenters. The Morgan fingerprint density at radius 1 is 1.19 bits per heavy atom. The molecule has 0 saturated carbocycles. The van der Waals surface area contributed by atoms with Gasteiger partial charge in [0.2, 0.25) is 0 Å². The van der Waals surface area contributed by atoms with Gasteiger partial charge < -0.3 is 15.6 Å². The summed E-state index contributed by atoms with van der Waals surface area (Å²) in [6.07, 6.45) is 1.09. The summed E-state index contributed by atoms with van der Waals surface area (Å²) >= 11 is 0. The van der Waals surface area contributed by atoms with Gasteiger partial charge in [0.15, 0.2) is 15.6 Å². The lowest BCUT2D eigenvalue weighted by molar-refractivity contribution is 0.0696. The Morgan fingerprint density at radius 3 is 2.52 bits per heavy atom. The van der Waals surface area contributed by atoms with Gasteiger partial charge in [0.25, 0.3) is 0 Å². The van der Waals surface area contributed by atoms with Crippen molar-refractivity contribution in [1.82, 2.24) is 0 Å². The largest absolute Gasteiger partial charge is 0.478 e. The van der Waals surface area contributed by atoms with Crippen LogP contribution in [0.15, 0.2) is 47.4 Å². The maximum atomic E-state index is 11.5. The second-order valence-corrected chi connectivity index (χ2v) is 6.42. The highest BCUT2D eigenvalue weighted by atomic mass is 32.2. The molecule has 110 valence electrons. The van der Waals surface area contributed by atoms with E-state index < -0.39 is 15.8 Å². The van der Waals surface area contributed by atoms with Crippen molar-refractivity contribution in [2.45, 2.75) is 4.90 Å². The number of benzene rings is 2. The van der Waals surface area contributed by atoms with Crippen molar-refractivity contribution in [1.29, 1.82) is 0 Å². The number of ether oxygens (including phenoxy) is 1. The summed E-state index contributed by atoms with van der Waals surface area (Å²) in [5.41, 5.74) is 6.01. The molecule has 2 aromatic carbocycles. The van der Waals surface area contributed by atoms with Crippen molar-refractivity contribution >= 4 is 21.5 Å². The van der Waals surface area contributed by atoms with Gasteiger partial charge in [-0.3, -0.25) is 0 Å². The highest BCUT2D eigenvalue weighted by molar-refractivity contribution is 7.90. The van der Waals surface area contributed by atoms with Crippen molar-refractivity contribution in [3.05, 3.63) is 48.0 Å². The van der Waals surface area contributed by atoms with E-state index in [1.165, 1.54) is 36.4 Å². The van der Waals surface area contributed by atoms with Crippen LogP contribution in [0, 0.1) is 0 Å². The molecule has 2 aromatic rings. The van der Waals surface area contributed by atoms with Gasteiger partial charge in [-0.15, -0.1) is 0 Å². The predicted molar refractivity (Wildman–Crippen MR) is 77.4 cm³/mol. The molecule has 0 amide bonds. The molecule has 6 nitrogen and oxygen atoms in total. The van der Waals surface area contributed by atoms with E-state index in [2.05, 4.69) is 0 Å². The van der Waals surface area contributed by atoms with Crippen molar-refractivity contribution in [3.63, 3.8) is 0 Å². The van der Waals surface area contributed by atoms with Gasteiger partial charge in [-0.25, -0.2) is 13.2 Å². The second-order valence-electron chi connectivity index (χ2n) is 4.41. The molecule has 0 saturated heterocycles. The summed E-state index contributed by atoms with van der Waals surface area (Å²) in [6, 6.07) is 9.94. The molecule has 0 aliphatic carbocycles. The second kappa shape index (κ2) is 5.45. The standard InChI is InChI=1S/C14H13NO5S/c1-21(18,19)11-4-2-3-10(8-11)20-13-7-9(14(16)17)5-6-12(13)15/h2-8H,15H2,1H3,(H,16,17). The number of nitrogen functional groups attached to an aromatic ring is 1. The van der Waals surface area contributed by atoms with Crippen LogP contribution in [0.1, 0.15) is 10.4 Å². The highest BCUT2D eigenvalue weighted by Gasteiger charge is 2.11. The van der Waals surface area contributed by atoms with E-state index in [4.69, 9.17) is 15.6 Å². The Bertz CT molecular complexity index is 799. The van der Waals surface area contributed by atoms with Gasteiger partial charge >= 0.3 is 5.97 Å². The number of hydrogen-bond donors (Lipinski definition) is 2. The molecule has 0 heterocycles. The normalized spacial score (nSPS) is 11.1. The SMILES string of the molecule is CS(=O)(=O)c1cccc(Oc2cc(C(=O)O)ccc2N)c1. The van der Waals surface area contributed by atoms with E-state index in [0.717, 1.165) is 6.26 Å². The molecule has 0 radical (unpaired) electrons. The van der Waals surface area contributed by atoms with Gasteiger partial charge in [-0.2, -0.15) is 0 Å². The Kier molecular flexibility index (Phi) is 3.86. The topological polar surface area (TPSA) is 107 Å². The molecular weight excluding hydrogens is 294 g/mol. The van der Waals surface area contributed by atoms with E-state index in [0.29, 0.717) is 0 Å². The van der Waals surface area contributed by atoms with Crippen LogP contribution in [-0.4, -0.2) is 25.7 Å². The van der Waals surface area contributed by atoms with Gasteiger partial charge in [0.05, 0.1) is 16.1 Å².